The number of amides is 1. The van der Waals surface area contributed by atoms with Gasteiger partial charge in [-0.2, -0.15) is 0 Å². The van der Waals surface area contributed by atoms with Crippen LogP contribution in [0.25, 0.3) is 0 Å². The molecule has 0 aliphatic carbocycles. The minimum atomic E-state index is -0.297. The molecule has 0 saturated carbocycles. The first-order chi connectivity index (χ1) is 8.20. The number of carbonyl (C=O) groups is 1. The molecule has 98 valence electrons. The highest BCUT2D eigenvalue weighted by Gasteiger charge is 2.11. The zero-order valence-corrected chi connectivity index (χ0v) is 11.5. The largest absolute Gasteiger partial charge is 0.366 e. The number of hydrogen-bond acceptors (Lipinski definition) is 1. The van der Waals surface area contributed by atoms with Gasteiger partial charge in [0, 0.05) is 13.0 Å². The SMILES string of the molecule is CCCCc1cccc(C(N)=O)c1CCCC.[C]. The average molecular weight is 245 g/mol. The third-order valence-electron chi connectivity index (χ3n) is 3.12. The molecule has 0 fully saturated rings. The Morgan fingerprint density at radius 2 is 1.72 bits per heavy atom. The Balaban J connectivity index is 0.00000289. The first kappa shape index (κ1) is 16.7. The summed E-state index contributed by atoms with van der Waals surface area (Å²) >= 11 is 0. The molecule has 0 atom stereocenters. The number of aryl methyl sites for hydroxylation is 1. The fraction of sp³-hybridized carbons (Fsp3) is 0.500. The molecule has 0 unspecified atom stereocenters. The second-order valence-corrected chi connectivity index (χ2v) is 4.51. The molecule has 1 aromatic carbocycles. The molecule has 0 aliphatic heterocycles. The summed E-state index contributed by atoms with van der Waals surface area (Å²) in [5, 5.41) is 0. The molecule has 0 bridgehead atoms. The van der Waals surface area contributed by atoms with E-state index in [1.807, 2.05) is 12.1 Å². The molecule has 1 aromatic rings. The molecule has 2 nitrogen and oxygen atoms in total. The molecule has 4 radical (unpaired) electrons. The van der Waals surface area contributed by atoms with E-state index in [1.54, 1.807) is 0 Å². The molecule has 2 heteroatoms. The summed E-state index contributed by atoms with van der Waals surface area (Å²) in [4.78, 5) is 11.4. The van der Waals surface area contributed by atoms with Crippen molar-refractivity contribution >= 4 is 5.91 Å². The first-order valence-corrected chi connectivity index (χ1v) is 6.61. The van der Waals surface area contributed by atoms with E-state index in [0.717, 1.165) is 25.7 Å². The van der Waals surface area contributed by atoms with Gasteiger partial charge in [0.25, 0.3) is 0 Å². The topological polar surface area (TPSA) is 43.1 Å². The fourth-order valence-electron chi connectivity index (χ4n) is 2.12. The van der Waals surface area contributed by atoms with Crippen molar-refractivity contribution in [3.63, 3.8) is 0 Å². The molecular formula is C16H23NO. The molecule has 18 heavy (non-hydrogen) atoms. The lowest BCUT2D eigenvalue weighted by Gasteiger charge is -2.12. The minimum Gasteiger partial charge on any atom is -0.366 e. The van der Waals surface area contributed by atoms with Gasteiger partial charge >= 0.3 is 0 Å². The Morgan fingerprint density at radius 3 is 2.28 bits per heavy atom. The maximum absolute atomic E-state index is 11.4. The highest BCUT2D eigenvalue weighted by atomic mass is 16.1. The van der Waals surface area contributed by atoms with Gasteiger partial charge in [-0.05, 0) is 42.9 Å². The van der Waals surface area contributed by atoms with E-state index in [2.05, 4.69) is 19.9 Å². The Kier molecular flexibility index (Phi) is 8.10. The average Bonchev–Trinajstić information content (AvgIpc) is 2.33. The lowest BCUT2D eigenvalue weighted by molar-refractivity contribution is 0.0999. The molecule has 0 saturated heterocycles. The van der Waals surface area contributed by atoms with Crippen LogP contribution in [-0.4, -0.2) is 5.91 Å². The zero-order chi connectivity index (χ0) is 12.7. The van der Waals surface area contributed by atoms with Crippen molar-refractivity contribution in [2.45, 2.75) is 52.4 Å². The lowest BCUT2D eigenvalue weighted by atomic mass is 9.93. The third kappa shape index (κ3) is 4.52. The Bertz CT molecular complexity index is 371. The highest BCUT2D eigenvalue weighted by molar-refractivity contribution is 5.94. The van der Waals surface area contributed by atoms with Crippen molar-refractivity contribution in [3.05, 3.63) is 42.3 Å². The van der Waals surface area contributed by atoms with Crippen LogP contribution in [0.4, 0.5) is 0 Å². The number of hydrogen-bond donors (Lipinski definition) is 1. The molecule has 2 N–H and O–H groups in total. The summed E-state index contributed by atoms with van der Waals surface area (Å²) in [6.07, 6.45) is 6.62. The van der Waals surface area contributed by atoms with Crippen LogP contribution in [0.2, 0.25) is 0 Å². The monoisotopic (exact) mass is 245 g/mol. The van der Waals surface area contributed by atoms with Crippen LogP contribution in [0.3, 0.4) is 0 Å². The van der Waals surface area contributed by atoms with Crippen molar-refractivity contribution in [1.82, 2.24) is 0 Å². The quantitative estimate of drug-likeness (QED) is 0.784. The van der Waals surface area contributed by atoms with E-state index < -0.39 is 0 Å². The summed E-state index contributed by atoms with van der Waals surface area (Å²) in [7, 11) is 0. The summed E-state index contributed by atoms with van der Waals surface area (Å²) in [6, 6.07) is 5.93. The van der Waals surface area contributed by atoms with Gasteiger partial charge in [-0.25, -0.2) is 0 Å². The van der Waals surface area contributed by atoms with Gasteiger partial charge in [0.05, 0.1) is 0 Å². The van der Waals surface area contributed by atoms with Crippen molar-refractivity contribution in [2.24, 2.45) is 5.73 Å². The predicted molar refractivity (Wildman–Crippen MR) is 75.4 cm³/mol. The summed E-state index contributed by atoms with van der Waals surface area (Å²) < 4.78 is 0. The normalized spacial score (nSPS) is 9.89. The Labute approximate surface area is 112 Å². The smallest absolute Gasteiger partial charge is 0.248 e. The standard InChI is InChI=1S/C15H23NO.C/c1-3-5-8-12-9-7-11-14(15(16)17)13(12)10-6-4-2;/h7,9,11H,3-6,8,10H2,1-2H3,(H2,16,17);. The van der Waals surface area contributed by atoms with Crippen molar-refractivity contribution in [3.8, 4) is 0 Å². The van der Waals surface area contributed by atoms with Crippen LogP contribution >= 0.6 is 0 Å². The zero-order valence-electron chi connectivity index (χ0n) is 11.5. The van der Waals surface area contributed by atoms with E-state index in [0.29, 0.717) is 5.56 Å². The molecule has 0 aromatic heterocycles. The summed E-state index contributed by atoms with van der Waals surface area (Å²) in [5.41, 5.74) is 8.64. The van der Waals surface area contributed by atoms with E-state index in [4.69, 9.17) is 5.73 Å². The van der Waals surface area contributed by atoms with Gasteiger partial charge in [-0.1, -0.05) is 38.8 Å². The molecular weight excluding hydrogens is 222 g/mol. The highest BCUT2D eigenvalue weighted by Crippen LogP contribution is 2.19. The number of carbonyl (C=O) groups excluding carboxylic acids is 1. The fourth-order valence-corrected chi connectivity index (χ4v) is 2.12. The van der Waals surface area contributed by atoms with Crippen LogP contribution in [-0.2, 0) is 12.8 Å². The summed E-state index contributed by atoms with van der Waals surface area (Å²) in [5.74, 6) is -0.297. The molecule has 1 rings (SSSR count). The van der Waals surface area contributed by atoms with E-state index in [1.165, 1.54) is 24.0 Å². The summed E-state index contributed by atoms with van der Waals surface area (Å²) in [6.45, 7) is 4.35. The first-order valence-electron chi connectivity index (χ1n) is 6.61. The predicted octanol–water partition coefficient (Wildman–Crippen LogP) is 3.55. The van der Waals surface area contributed by atoms with Gasteiger partial charge in [0.2, 0.25) is 5.91 Å². The third-order valence-corrected chi connectivity index (χ3v) is 3.12. The Morgan fingerprint density at radius 1 is 1.11 bits per heavy atom. The van der Waals surface area contributed by atoms with Crippen molar-refractivity contribution in [1.29, 1.82) is 0 Å². The number of benzene rings is 1. The van der Waals surface area contributed by atoms with Crippen LogP contribution in [0.15, 0.2) is 18.2 Å². The van der Waals surface area contributed by atoms with E-state index >= 15 is 0 Å². The minimum absolute atomic E-state index is 0. The van der Waals surface area contributed by atoms with Gasteiger partial charge in [-0.3, -0.25) is 4.79 Å². The molecule has 1 amide bonds. The number of unbranched alkanes of at least 4 members (excludes halogenated alkanes) is 2. The second-order valence-electron chi connectivity index (χ2n) is 4.51. The van der Waals surface area contributed by atoms with Crippen LogP contribution in [0, 0.1) is 7.43 Å². The number of rotatable bonds is 7. The molecule has 0 spiro atoms. The van der Waals surface area contributed by atoms with Gasteiger partial charge in [-0.15, -0.1) is 0 Å². The van der Waals surface area contributed by atoms with E-state index in [9.17, 15) is 4.79 Å². The lowest BCUT2D eigenvalue weighted by Crippen LogP contribution is -2.15. The molecule has 0 aliphatic rings. The van der Waals surface area contributed by atoms with Crippen LogP contribution < -0.4 is 5.73 Å². The van der Waals surface area contributed by atoms with Gasteiger partial charge in [0.15, 0.2) is 0 Å². The maximum Gasteiger partial charge on any atom is 0.248 e. The second kappa shape index (κ2) is 8.73. The van der Waals surface area contributed by atoms with E-state index in [-0.39, 0.29) is 13.3 Å². The van der Waals surface area contributed by atoms with Crippen molar-refractivity contribution < 1.29 is 4.79 Å². The Hall–Kier alpha value is -1.31. The van der Waals surface area contributed by atoms with Gasteiger partial charge < -0.3 is 5.73 Å². The van der Waals surface area contributed by atoms with Gasteiger partial charge in [0.1, 0.15) is 0 Å². The van der Waals surface area contributed by atoms with Crippen LogP contribution in [0.1, 0.15) is 61.0 Å². The maximum atomic E-state index is 11.4. The number of nitrogens with two attached hydrogens (primary N) is 1. The number of primary amides is 1. The van der Waals surface area contributed by atoms with Crippen molar-refractivity contribution in [2.75, 3.05) is 0 Å². The van der Waals surface area contributed by atoms with Crippen LogP contribution in [0.5, 0.6) is 0 Å². The molecule has 0 heterocycles.